The van der Waals surface area contributed by atoms with Gasteiger partial charge in [-0.05, 0) is 43.4 Å². The van der Waals surface area contributed by atoms with Gasteiger partial charge in [0.05, 0.1) is 6.10 Å². The predicted molar refractivity (Wildman–Crippen MR) is 68.2 cm³/mol. The zero-order valence-corrected chi connectivity index (χ0v) is 10.7. The van der Waals surface area contributed by atoms with Gasteiger partial charge in [-0.1, -0.05) is 12.1 Å². The molecule has 1 saturated carbocycles. The summed E-state index contributed by atoms with van der Waals surface area (Å²) in [6, 6.07) is 7.09. The highest BCUT2D eigenvalue weighted by atomic mass is 19.3. The highest BCUT2D eigenvalue weighted by molar-refractivity contribution is 5.27. The van der Waals surface area contributed by atoms with Crippen molar-refractivity contribution in [2.45, 2.75) is 51.0 Å². The Bertz CT molecular complexity index is 376. The third kappa shape index (κ3) is 4.76. The second-order valence-electron chi connectivity index (χ2n) is 4.91. The Hall–Kier alpha value is -1.20. The summed E-state index contributed by atoms with van der Waals surface area (Å²) in [6.45, 7) is -2.08. The molecule has 2 rings (SSSR count). The maximum Gasteiger partial charge on any atom is 0.387 e. The lowest BCUT2D eigenvalue weighted by molar-refractivity contribution is -0.0498. The number of aliphatic hydroxyl groups is 1. The normalized spacial score (nSPS) is 23.6. The van der Waals surface area contributed by atoms with Crippen LogP contribution in [-0.2, 0) is 6.54 Å². The number of aliphatic hydroxyl groups excluding tert-OH is 1. The van der Waals surface area contributed by atoms with Gasteiger partial charge in [0, 0.05) is 12.6 Å². The van der Waals surface area contributed by atoms with Gasteiger partial charge in [-0.25, -0.2) is 0 Å². The molecule has 1 fully saturated rings. The van der Waals surface area contributed by atoms with Crippen molar-refractivity contribution < 1.29 is 18.6 Å². The molecule has 5 heteroatoms. The summed E-state index contributed by atoms with van der Waals surface area (Å²) in [7, 11) is 0. The average Bonchev–Trinajstić information content (AvgIpc) is 2.39. The highest BCUT2D eigenvalue weighted by Gasteiger charge is 2.18. The van der Waals surface area contributed by atoms with E-state index in [1.165, 1.54) is 0 Å². The van der Waals surface area contributed by atoms with E-state index in [9.17, 15) is 13.9 Å². The summed E-state index contributed by atoms with van der Waals surface area (Å²) < 4.78 is 28.3. The number of hydrogen-bond acceptors (Lipinski definition) is 3. The summed E-state index contributed by atoms with van der Waals surface area (Å²) in [5.41, 5.74) is 1.03. The molecule has 1 aromatic carbocycles. The molecule has 3 nitrogen and oxygen atoms in total. The van der Waals surface area contributed by atoms with Crippen LogP contribution in [0.4, 0.5) is 8.78 Å². The molecule has 0 atom stereocenters. The number of rotatable bonds is 5. The van der Waals surface area contributed by atoms with E-state index in [2.05, 4.69) is 10.1 Å². The molecule has 2 N–H and O–H groups in total. The first kappa shape index (κ1) is 14.2. The molecule has 0 unspecified atom stereocenters. The van der Waals surface area contributed by atoms with Crippen molar-refractivity contribution in [3.05, 3.63) is 29.8 Å². The summed E-state index contributed by atoms with van der Waals surface area (Å²) in [5, 5.41) is 12.8. The fourth-order valence-electron chi connectivity index (χ4n) is 2.33. The third-order valence-electron chi connectivity index (χ3n) is 3.44. The van der Waals surface area contributed by atoms with E-state index in [0.717, 1.165) is 31.2 Å². The van der Waals surface area contributed by atoms with Crippen molar-refractivity contribution in [2.75, 3.05) is 0 Å². The van der Waals surface area contributed by atoms with Gasteiger partial charge in [0.2, 0.25) is 0 Å². The minimum atomic E-state index is -2.78. The molecule has 1 aliphatic carbocycles. The molecule has 1 aromatic rings. The van der Waals surface area contributed by atoms with Crippen LogP contribution in [-0.4, -0.2) is 23.9 Å². The monoisotopic (exact) mass is 271 g/mol. The van der Waals surface area contributed by atoms with Crippen LogP contribution in [0.15, 0.2) is 24.3 Å². The second-order valence-corrected chi connectivity index (χ2v) is 4.91. The van der Waals surface area contributed by atoms with Crippen LogP contribution >= 0.6 is 0 Å². The Morgan fingerprint density at radius 1 is 1.16 bits per heavy atom. The van der Waals surface area contributed by atoms with Gasteiger partial charge >= 0.3 is 6.61 Å². The molecule has 0 amide bonds. The van der Waals surface area contributed by atoms with E-state index in [1.54, 1.807) is 24.3 Å². The predicted octanol–water partition coefficient (Wildman–Crippen LogP) is 2.68. The lowest BCUT2D eigenvalue weighted by Crippen LogP contribution is -2.34. The van der Waals surface area contributed by atoms with E-state index in [1.807, 2.05) is 0 Å². The summed E-state index contributed by atoms with van der Waals surface area (Å²) in [6.07, 6.45) is 3.50. The number of halogens is 2. The summed E-state index contributed by atoms with van der Waals surface area (Å²) in [5.74, 6) is 0.180. The largest absolute Gasteiger partial charge is 0.435 e. The first-order chi connectivity index (χ1) is 9.13. The number of hydrogen-bond donors (Lipinski definition) is 2. The van der Waals surface area contributed by atoms with E-state index in [-0.39, 0.29) is 11.9 Å². The zero-order valence-electron chi connectivity index (χ0n) is 10.7. The molecule has 19 heavy (non-hydrogen) atoms. The summed E-state index contributed by atoms with van der Waals surface area (Å²) >= 11 is 0. The summed E-state index contributed by atoms with van der Waals surface area (Å²) in [4.78, 5) is 0. The molecule has 106 valence electrons. The van der Waals surface area contributed by atoms with Gasteiger partial charge in [0.1, 0.15) is 5.75 Å². The number of nitrogens with one attached hydrogen (secondary N) is 1. The van der Waals surface area contributed by atoms with Crippen LogP contribution in [0.3, 0.4) is 0 Å². The average molecular weight is 271 g/mol. The second kappa shape index (κ2) is 6.82. The van der Waals surface area contributed by atoms with Crippen LogP contribution in [0.5, 0.6) is 5.75 Å². The van der Waals surface area contributed by atoms with Crippen molar-refractivity contribution >= 4 is 0 Å². The van der Waals surface area contributed by atoms with Crippen molar-refractivity contribution in [3.63, 3.8) is 0 Å². The molecule has 0 radical (unpaired) electrons. The molecule has 0 spiro atoms. The van der Waals surface area contributed by atoms with Crippen molar-refractivity contribution in [1.82, 2.24) is 5.32 Å². The Labute approximate surface area is 111 Å². The molecular weight excluding hydrogens is 252 g/mol. The molecule has 0 heterocycles. The van der Waals surface area contributed by atoms with Crippen molar-refractivity contribution in [2.24, 2.45) is 0 Å². The fourth-order valence-corrected chi connectivity index (χ4v) is 2.33. The van der Waals surface area contributed by atoms with E-state index >= 15 is 0 Å². The van der Waals surface area contributed by atoms with Crippen molar-refractivity contribution in [3.8, 4) is 5.75 Å². The smallest absolute Gasteiger partial charge is 0.387 e. The van der Waals surface area contributed by atoms with E-state index in [0.29, 0.717) is 12.6 Å². The maximum absolute atomic E-state index is 12.0. The van der Waals surface area contributed by atoms with Gasteiger partial charge in [0.15, 0.2) is 0 Å². The topological polar surface area (TPSA) is 41.5 Å². The number of ether oxygens (including phenoxy) is 1. The van der Waals surface area contributed by atoms with Crippen LogP contribution in [0.25, 0.3) is 0 Å². The Morgan fingerprint density at radius 3 is 2.37 bits per heavy atom. The van der Waals surface area contributed by atoms with Crippen LogP contribution < -0.4 is 10.1 Å². The number of benzene rings is 1. The fraction of sp³-hybridized carbons (Fsp3) is 0.571. The van der Waals surface area contributed by atoms with Gasteiger partial charge in [-0.3, -0.25) is 0 Å². The molecule has 1 aliphatic rings. The minimum absolute atomic E-state index is 0.149. The van der Waals surface area contributed by atoms with Crippen molar-refractivity contribution in [1.29, 1.82) is 0 Å². The molecule has 0 bridgehead atoms. The maximum atomic E-state index is 12.0. The van der Waals surface area contributed by atoms with Crippen LogP contribution in [0.1, 0.15) is 31.2 Å². The standard InChI is InChI=1S/C14H19F2NO2/c15-14(16)19-13-7-1-10(2-8-13)9-17-11-3-5-12(18)6-4-11/h1-2,7-8,11-12,14,17-18H,3-6,9H2. The minimum Gasteiger partial charge on any atom is -0.435 e. The Balaban J connectivity index is 1.76. The van der Waals surface area contributed by atoms with Crippen LogP contribution in [0, 0.1) is 0 Å². The Kier molecular flexibility index (Phi) is 5.10. The lowest BCUT2D eigenvalue weighted by Gasteiger charge is -2.26. The molecule has 0 aromatic heterocycles. The zero-order chi connectivity index (χ0) is 13.7. The first-order valence-corrected chi connectivity index (χ1v) is 6.58. The van der Waals surface area contributed by atoms with E-state index < -0.39 is 6.61 Å². The highest BCUT2D eigenvalue weighted by Crippen LogP contribution is 2.19. The van der Waals surface area contributed by atoms with Gasteiger partial charge < -0.3 is 15.2 Å². The van der Waals surface area contributed by atoms with E-state index in [4.69, 9.17) is 0 Å². The van der Waals surface area contributed by atoms with Gasteiger partial charge in [-0.2, -0.15) is 8.78 Å². The van der Waals surface area contributed by atoms with Gasteiger partial charge in [0.25, 0.3) is 0 Å². The lowest BCUT2D eigenvalue weighted by atomic mass is 9.93. The third-order valence-corrected chi connectivity index (χ3v) is 3.44. The van der Waals surface area contributed by atoms with Gasteiger partial charge in [-0.15, -0.1) is 0 Å². The van der Waals surface area contributed by atoms with Crippen LogP contribution in [0.2, 0.25) is 0 Å². The molecule has 0 saturated heterocycles. The first-order valence-electron chi connectivity index (χ1n) is 6.58. The molecular formula is C14H19F2NO2. The quantitative estimate of drug-likeness (QED) is 0.865. The number of alkyl halides is 2. The SMILES string of the molecule is OC1CCC(NCc2ccc(OC(F)F)cc2)CC1. The molecule has 0 aliphatic heterocycles. The Morgan fingerprint density at radius 2 is 1.79 bits per heavy atom.